The SMILES string of the molecule is CCc1cc(Br)ccc1NC(=O)C(N)CC(=O)O. The molecule has 0 aliphatic heterocycles. The molecular formula is C12H15BrN2O3. The number of halogens is 1. The van der Waals surface area contributed by atoms with Crippen LogP contribution >= 0.6 is 15.9 Å². The average Bonchev–Trinajstić information content (AvgIpc) is 2.30. The zero-order valence-corrected chi connectivity index (χ0v) is 11.5. The average molecular weight is 315 g/mol. The molecule has 0 aromatic heterocycles. The number of rotatable bonds is 5. The summed E-state index contributed by atoms with van der Waals surface area (Å²) in [6.45, 7) is 1.97. The van der Waals surface area contributed by atoms with E-state index in [1.807, 2.05) is 13.0 Å². The number of carboxylic acids is 1. The predicted octanol–water partition coefficient (Wildman–Crippen LogP) is 1.75. The summed E-state index contributed by atoms with van der Waals surface area (Å²) in [5.74, 6) is -1.58. The van der Waals surface area contributed by atoms with E-state index in [9.17, 15) is 9.59 Å². The molecule has 0 heterocycles. The van der Waals surface area contributed by atoms with Gasteiger partial charge in [-0.05, 0) is 30.2 Å². The van der Waals surface area contributed by atoms with E-state index < -0.39 is 17.9 Å². The summed E-state index contributed by atoms with van der Waals surface area (Å²) >= 11 is 3.35. The highest BCUT2D eigenvalue weighted by Gasteiger charge is 2.17. The van der Waals surface area contributed by atoms with Gasteiger partial charge in [-0.1, -0.05) is 22.9 Å². The molecule has 5 nitrogen and oxygen atoms in total. The number of nitrogens with one attached hydrogen (secondary N) is 1. The quantitative estimate of drug-likeness (QED) is 0.772. The minimum absolute atomic E-state index is 0.385. The molecule has 1 rings (SSSR count). The maximum Gasteiger partial charge on any atom is 0.305 e. The maximum absolute atomic E-state index is 11.7. The number of aryl methyl sites for hydroxylation is 1. The number of anilines is 1. The van der Waals surface area contributed by atoms with Gasteiger partial charge in [-0.15, -0.1) is 0 Å². The van der Waals surface area contributed by atoms with E-state index in [2.05, 4.69) is 21.2 Å². The fourth-order valence-corrected chi connectivity index (χ4v) is 1.89. The molecule has 0 saturated carbocycles. The van der Waals surface area contributed by atoms with Crippen molar-refractivity contribution < 1.29 is 14.7 Å². The first-order chi connectivity index (χ1) is 8.43. The number of nitrogens with two attached hydrogens (primary N) is 1. The van der Waals surface area contributed by atoms with Crippen molar-refractivity contribution in [3.63, 3.8) is 0 Å². The van der Waals surface area contributed by atoms with E-state index in [-0.39, 0.29) is 6.42 Å². The van der Waals surface area contributed by atoms with Crippen molar-refractivity contribution in [2.75, 3.05) is 5.32 Å². The van der Waals surface area contributed by atoms with Crippen LogP contribution in [0.5, 0.6) is 0 Å². The molecular weight excluding hydrogens is 300 g/mol. The molecule has 0 spiro atoms. The van der Waals surface area contributed by atoms with Crippen LogP contribution in [0.25, 0.3) is 0 Å². The van der Waals surface area contributed by atoms with Crippen molar-refractivity contribution in [2.45, 2.75) is 25.8 Å². The van der Waals surface area contributed by atoms with Crippen LogP contribution in [0.1, 0.15) is 18.9 Å². The molecule has 98 valence electrons. The lowest BCUT2D eigenvalue weighted by Gasteiger charge is -2.13. The fraction of sp³-hybridized carbons (Fsp3) is 0.333. The van der Waals surface area contributed by atoms with Crippen LogP contribution in [0, 0.1) is 0 Å². The molecule has 0 aliphatic rings. The number of carbonyl (C=O) groups is 2. The highest BCUT2D eigenvalue weighted by atomic mass is 79.9. The molecule has 1 atom stereocenters. The lowest BCUT2D eigenvalue weighted by Crippen LogP contribution is -2.37. The predicted molar refractivity (Wildman–Crippen MR) is 72.4 cm³/mol. The molecule has 0 bridgehead atoms. The first-order valence-corrected chi connectivity index (χ1v) is 6.30. The number of hydrogen-bond acceptors (Lipinski definition) is 3. The zero-order chi connectivity index (χ0) is 13.7. The molecule has 1 amide bonds. The molecule has 0 saturated heterocycles. The Labute approximate surface area is 113 Å². The first kappa shape index (κ1) is 14.7. The molecule has 6 heteroatoms. The Morgan fingerprint density at radius 3 is 2.72 bits per heavy atom. The monoisotopic (exact) mass is 314 g/mol. The van der Waals surface area contributed by atoms with Crippen LogP contribution in [-0.4, -0.2) is 23.0 Å². The summed E-state index contributed by atoms with van der Waals surface area (Å²) in [6, 6.07) is 4.42. The Morgan fingerprint density at radius 1 is 1.50 bits per heavy atom. The van der Waals surface area contributed by atoms with E-state index in [0.29, 0.717) is 5.69 Å². The lowest BCUT2D eigenvalue weighted by atomic mass is 10.1. The van der Waals surface area contributed by atoms with Gasteiger partial charge in [0.05, 0.1) is 12.5 Å². The van der Waals surface area contributed by atoms with Gasteiger partial charge in [0.2, 0.25) is 5.91 Å². The van der Waals surface area contributed by atoms with Crippen LogP contribution in [-0.2, 0) is 16.0 Å². The molecule has 4 N–H and O–H groups in total. The van der Waals surface area contributed by atoms with Gasteiger partial charge < -0.3 is 16.2 Å². The van der Waals surface area contributed by atoms with E-state index >= 15 is 0 Å². The van der Waals surface area contributed by atoms with Crippen molar-refractivity contribution in [3.05, 3.63) is 28.2 Å². The third-order valence-corrected chi connectivity index (χ3v) is 2.93. The summed E-state index contributed by atoms with van der Waals surface area (Å²) in [7, 11) is 0. The summed E-state index contributed by atoms with van der Waals surface area (Å²) in [6.07, 6.45) is 0.368. The molecule has 0 fully saturated rings. The normalized spacial score (nSPS) is 11.9. The first-order valence-electron chi connectivity index (χ1n) is 5.50. The van der Waals surface area contributed by atoms with Crippen LogP contribution in [0.4, 0.5) is 5.69 Å². The Kier molecular flexibility index (Phi) is 5.30. The Bertz CT molecular complexity index is 463. The topological polar surface area (TPSA) is 92.4 Å². The highest BCUT2D eigenvalue weighted by molar-refractivity contribution is 9.10. The number of aliphatic carboxylic acids is 1. The highest BCUT2D eigenvalue weighted by Crippen LogP contribution is 2.21. The van der Waals surface area contributed by atoms with Crippen LogP contribution in [0.2, 0.25) is 0 Å². The maximum atomic E-state index is 11.7. The zero-order valence-electron chi connectivity index (χ0n) is 9.94. The third-order valence-electron chi connectivity index (χ3n) is 2.44. The third kappa shape index (κ3) is 4.12. The Hall–Kier alpha value is -1.40. The number of amides is 1. The van der Waals surface area contributed by atoms with Crippen molar-refractivity contribution in [2.24, 2.45) is 5.73 Å². The van der Waals surface area contributed by atoms with Crippen molar-refractivity contribution >= 4 is 33.5 Å². The van der Waals surface area contributed by atoms with E-state index in [1.165, 1.54) is 0 Å². The van der Waals surface area contributed by atoms with Gasteiger partial charge in [-0.25, -0.2) is 0 Å². The van der Waals surface area contributed by atoms with Gasteiger partial charge in [0, 0.05) is 10.2 Å². The second kappa shape index (κ2) is 6.51. The molecule has 1 aromatic rings. The standard InChI is InChI=1S/C12H15BrN2O3/c1-2-7-5-8(13)3-4-10(7)15-12(18)9(14)6-11(16)17/h3-5,9H,2,6,14H2,1H3,(H,15,18)(H,16,17). The van der Waals surface area contributed by atoms with Gasteiger partial charge in [0.15, 0.2) is 0 Å². The smallest absolute Gasteiger partial charge is 0.305 e. The minimum Gasteiger partial charge on any atom is -0.481 e. The van der Waals surface area contributed by atoms with Crippen molar-refractivity contribution in [1.82, 2.24) is 0 Å². The van der Waals surface area contributed by atoms with Gasteiger partial charge in [0.1, 0.15) is 0 Å². The van der Waals surface area contributed by atoms with Crippen LogP contribution in [0.3, 0.4) is 0 Å². The second-order valence-corrected chi connectivity index (χ2v) is 4.76. The largest absolute Gasteiger partial charge is 0.481 e. The van der Waals surface area contributed by atoms with Crippen molar-refractivity contribution in [1.29, 1.82) is 0 Å². The number of benzene rings is 1. The van der Waals surface area contributed by atoms with Gasteiger partial charge in [-0.2, -0.15) is 0 Å². The summed E-state index contributed by atoms with van der Waals surface area (Å²) in [4.78, 5) is 22.2. The molecule has 0 radical (unpaired) electrons. The van der Waals surface area contributed by atoms with Crippen molar-refractivity contribution in [3.8, 4) is 0 Å². The number of carbonyl (C=O) groups excluding carboxylic acids is 1. The molecule has 0 aliphatic carbocycles. The van der Waals surface area contributed by atoms with E-state index in [0.717, 1.165) is 16.5 Å². The summed E-state index contributed by atoms with van der Waals surface area (Å²) in [5.41, 5.74) is 7.10. The van der Waals surface area contributed by atoms with Gasteiger partial charge in [-0.3, -0.25) is 9.59 Å². The minimum atomic E-state index is -1.09. The summed E-state index contributed by atoms with van der Waals surface area (Å²) in [5, 5.41) is 11.2. The van der Waals surface area contributed by atoms with E-state index in [4.69, 9.17) is 10.8 Å². The summed E-state index contributed by atoms with van der Waals surface area (Å²) < 4.78 is 0.923. The Morgan fingerprint density at radius 2 is 2.17 bits per heavy atom. The Balaban J connectivity index is 2.78. The van der Waals surface area contributed by atoms with E-state index in [1.54, 1.807) is 12.1 Å². The number of carboxylic acid groups (broad SMARTS) is 1. The van der Waals surface area contributed by atoms with Crippen LogP contribution < -0.4 is 11.1 Å². The molecule has 1 aromatic carbocycles. The van der Waals surface area contributed by atoms with Gasteiger partial charge in [0.25, 0.3) is 0 Å². The van der Waals surface area contributed by atoms with Crippen LogP contribution in [0.15, 0.2) is 22.7 Å². The second-order valence-electron chi connectivity index (χ2n) is 3.85. The van der Waals surface area contributed by atoms with Gasteiger partial charge >= 0.3 is 5.97 Å². The number of hydrogen-bond donors (Lipinski definition) is 3. The molecule has 1 unspecified atom stereocenters. The molecule has 18 heavy (non-hydrogen) atoms. The lowest BCUT2D eigenvalue weighted by molar-refractivity contribution is -0.138. The fourth-order valence-electron chi connectivity index (χ4n) is 1.48.